The number of aryl methyl sites for hydroxylation is 2. The zero-order chi connectivity index (χ0) is 16.1. The van der Waals surface area contributed by atoms with E-state index in [1.54, 1.807) is 32.0 Å². The number of nitrogens with zero attached hydrogens (tertiary/aromatic N) is 2. The van der Waals surface area contributed by atoms with Gasteiger partial charge in [0.15, 0.2) is 0 Å². The minimum Gasteiger partial charge on any atom is -0.467 e. The number of methoxy groups -OCH3 is 1. The Hall–Kier alpha value is -2.76. The molecule has 0 aliphatic rings. The fraction of sp³-hybridized carbons (Fsp3) is 0.188. The van der Waals surface area contributed by atoms with Gasteiger partial charge in [0.05, 0.1) is 24.2 Å². The third kappa shape index (κ3) is 3.66. The van der Waals surface area contributed by atoms with Crippen molar-refractivity contribution in [3.63, 3.8) is 0 Å². The summed E-state index contributed by atoms with van der Waals surface area (Å²) in [5.41, 5.74) is 2.05. The molecule has 0 spiro atoms. The molecule has 0 saturated heterocycles. The molecule has 5 nitrogen and oxygen atoms in total. The number of carbonyl (C=O) groups is 1. The summed E-state index contributed by atoms with van der Waals surface area (Å²) < 4.78 is 18.4. The molecule has 2 rings (SSSR count). The standard InChI is InChI=1S/C16H16FN3O2/c1-10-15(11(2)19-16(18-10)22-3)20-14(21)9-8-12-6-4-5-7-13(12)17/h4-9H,1-3H3,(H,20,21)/b9-8+. The number of ether oxygens (including phenoxy) is 1. The minimum atomic E-state index is -0.386. The summed E-state index contributed by atoms with van der Waals surface area (Å²) in [6.07, 6.45) is 2.68. The van der Waals surface area contributed by atoms with Crippen molar-refractivity contribution >= 4 is 17.7 Å². The van der Waals surface area contributed by atoms with E-state index in [9.17, 15) is 9.18 Å². The lowest BCUT2D eigenvalue weighted by Crippen LogP contribution is -2.12. The first-order valence-electron chi connectivity index (χ1n) is 6.64. The molecule has 2 aromatic rings. The highest BCUT2D eigenvalue weighted by atomic mass is 19.1. The summed E-state index contributed by atoms with van der Waals surface area (Å²) in [4.78, 5) is 20.2. The van der Waals surface area contributed by atoms with E-state index in [1.165, 1.54) is 25.3 Å². The van der Waals surface area contributed by atoms with E-state index in [1.807, 2.05) is 0 Å². The molecule has 22 heavy (non-hydrogen) atoms. The molecule has 0 aliphatic carbocycles. The average molecular weight is 301 g/mol. The third-order valence-electron chi connectivity index (χ3n) is 3.00. The number of nitrogens with one attached hydrogen (secondary N) is 1. The number of halogens is 1. The van der Waals surface area contributed by atoms with Crippen LogP contribution in [0.5, 0.6) is 6.01 Å². The molecular formula is C16H16FN3O2. The first-order valence-corrected chi connectivity index (χ1v) is 6.64. The third-order valence-corrected chi connectivity index (χ3v) is 3.00. The average Bonchev–Trinajstić information content (AvgIpc) is 2.49. The van der Waals surface area contributed by atoms with Crippen LogP contribution in [0.15, 0.2) is 30.3 Å². The molecule has 1 aromatic heterocycles. The van der Waals surface area contributed by atoms with Gasteiger partial charge in [-0.2, -0.15) is 9.97 Å². The number of anilines is 1. The Morgan fingerprint density at radius 3 is 2.45 bits per heavy atom. The van der Waals surface area contributed by atoms with Crippen LogP contribution in [-0.2, 0) is 4.79 Å². The SMILES string of the molecule is COc1nc(C)c(NC(=O)/C=C/c2ccccc2F)c(C)n1. The molecule has 0 aliphatic heterocycles. The van der Waals surface area contributed by atoms with E-state index in [0.29, 0.717) is 22.6 Å². The van der Waals surface area contributed by atoms with Gasteiger partial charge in [0, 0.05) is 11.6 Å². The summed E-state index contributed by atoms with van der Waals surface area (Å²) in [5.74, 6) is -0.769. The highest BCUT2D eigenvalue weighted by molar-refractivity contribution is 6.02. The van der Waals surface area contributed by atoms with Crippen molar-refractivity contribution in [2.45, 2.75) is 13.8 Å². The van der Waals surface area contributed by atoms with E-state index in [0.717, 1.165) is 0 Å². The second-order valence-electron chi connectivity index (χ2n) is 4.60. The maximum absolute atomic E-state index is 13.5. The van der Waals surface area contributed by atoms with Gasteiger partial charge >= 0.3 is 6.01 Å². The van der Waals surface area contributed by atoms with E-state index < -0.39 is 0 Å². The molecule has 1 heterocycles. The van der Waals surface area contributed by atoms with E-state index >= 15 is 0 Å². The molecule has 1 amide bonds. The first-order chi connectivity index (χ1) is 10.5. The molecule has 1 aromatic carbocycles. The van der Waals surface area contributed by atoms with Crippen LogP contribution >= 0.6 is 0 Å². The molecule has 1 N–H and O–H groups in total. The zero-order valence-electron chi connectivity index (χ0n) is 12.6. The summed E-state index contributed by atoms with van der Waals surface area (Å²) in [6, 6.07) is 6.46. The lowest BCUT2D eigenvalue weighted by atomic mass is 10.2. The summed E-state index contributed by atoms with van der Waals surface area (Å²) in [5, 5.41) is 2.69. The first kappa shape index (κ1) is 15.6. The van der Waals surface area contributed by atoms with Crippen molar-refractivity contribution in [1.82, 2.24) is 9.97 Å². The highest BCUT2D eigenvalue weighted by Crippen LogP contribution is 2.19. The number of rotatable bonds is 4. The van der Waals surface area contributed by atoms with Crippen LogP contribution in [0.3, 0.4) is 0 Å². The van der Waals surface area contributed by atoms with Crippen molar-refractivity contribution in [1.29, 1.82) is 0 Å². The van der Waals surface area contributed by atoms with Crippen molar-refractivity contribution in [2.24, 2.45) is 0 Å². The summed E-state index contributed by atoms with van der Waals surface area (Å²) >= 11 is 0. The van der Waals surface area contributed by atoms with E-state index in [4.69, 9.17) is 4.74 Å². The van der Waals surface area contributed by atoms with Gasteiger partial charge in [-0.1, -0.05) is 18.2 Å². The topological polar surface area (TPSA) is 64.1 Å². The molecule has 114 valence electrons. The van der Waals surface area contributed by atoms with Crippen LogP contribution < -0.4 is 10.1 Å². The monoisotopic (exact) mass is 301 g/mol. The largest absolute Gasteiger partial charge is 0.467 e. The van der Waals surface area contributed by atoms with Crippen molar-refractivity contribution in [3.05, 3.63) is 53.1 Å². The second kappa shape index (κ2) is 6.80. The Morgan fingerprint density at radius 1 is 1.23 bits per heavy atom. The number of hydrogen-bond donors (Lipinski definition) is 1. The van der Waals surface area contributed by atoms with Crippen LogP contribution in [0.4, 0.5) is 10.1 Å². The lowest BCUT2D eigenvalue weighted by Gasteiger charge is -2.10. The van der Waals surface area contributed by atoms with Gasteiger partial charge in [0.1, 0.15) is 5.82 Å². The van der Waals surface area contributed by atoms with E-state index in [-0.39, 0.29) is 17.7 Å². The molecule has 0 bridgehead atoms. The van der Waals surface area contributed by atoms with Crippen molar-refractivity contribution in [2.75, 3.05) is 12.4 Å². The number of amides is 1. The maximum atomic E-state index is 13.5. The van der Waals surface area contributed by atoms with Gasteiger partial charge in [-0.3, -0.25) is 4.79 Å². The van der Waals surface area contributed by atoms with Crippen LogP contribution in [0.1, 0.15) is 17.0 Å². The molecule has 0 saturated carbocycles. The second-order valence-corrected chi connectivity index (χ2v) is 4.60. The Labute approximate surface area is 127 Å². The van der Waals surface area contributed by atoms with Crippen molar-refractivity contribution < 1.29 is 13.9 Å². The van der Waals surface area contributed by atoms with Crippen LogP contribution in [0, 0.1) is 19.7 Å². The number of aromatic nitrogens is 2. The number of carbonyl (C=O) groups excluding carboxylic acids is 1. The van der Waals surface area contributed by atoms with Crippen LogP contribution in [0.25, 0.3) is 6.08 Å². The molecule has 0 atom stereocenters. The molecular weight excluding hydrogens is 285 g/mol. The van der Waals surface area contributed by atoms with E-state index in [2.05, 4.69) is 15.3 Å². The van der Waals surface area contributed by atoms with Crippen LogP contribution in [0.2, 0.25) is 0 Å². The highest BCUT2D eigenvalue weighted by Gasteiger charge is 2.10. The predicted octanol–water partition coefficient (Wildman–Crippen LogP) is 2.89. The Bertz CT molecular complexity index is 706. The summed E-state index contributed by atoms with van der Waals surface area (Å²) in [7, 11) is 1.48. The van der Waals surface area contributed by atoms with Gasteiger partial charge < -0.3 is 10.1 Å². The minimum absolute atomic E-state index is 0.245. The van der Waals surface area contributed by atoms with Crippen molar-refractivity contribution in [3.8, 4) is 6.01 Å². The molecule has 6 heteroatoms. The quantitative estimate of drug-likeness (QED) is 0.882. The maximum Gasteiger partial charge on any atom is 0.316 e. The Balaban J connectivity index is 2.15. The fourth-order valence-electron chi connectivity index (χ4n) is 1.90. The smallest absolute Gasteiger partial charge is 0.316 e. The normalized spacial score (nSPS) is 10.7. The van der Waals surface area contributed by atoms with Gasteiger partial charge in [0.25, 0.3) is 0 Å². The van der Waals surface area contributed by atoms with Gasteiger partial charge in [0.2, 0.25) is 5.91 Å². The van der Waals surface area contributed by atoms with Gasteiger partial charge in [-0.05, 0) is 26.0 Å². The predicted molar refractivity (Wildman–Crippen MR) is 82.1 cm³/mol. The molecule has 0 fully saturated rings. The fourth-order valence-corrected chi connectivity index (χ4v) is 1.90. The Morgan fingerprint density at radius 2 is 1.86 bits per heavy atom. The Kier molecular flexibility index (Phi) is 4.83. The number of hydrogen-bond acceptors (Lipinski definition) is 4. The molecule has 0 radical (unpaired) electrons. The van der Waals surface area contributed by atoms with Crippen LogP contribution in [-0.4, -0.2) is 23.0 Å². The van der Waals surface area contributed by atoms with Gasteiger partial charge in [-0.15, -0.1) is 0 Å². The summed E-state index contributed by atoms with van der Waals surface area (Å²) in [6.45, 7) is 3.49. The lowest BCUT2D eigenvalue weighted by molar-refractivity contribution is -0.111. The zero-order valence-corrected chi connectivity index (χ0v) is 12.6. The van der Waals surface area contributed by atoms with Gasteiger partial charge in [-0.25, -0.2) is 4.39 Å². The number of benzene rings is 1. The molecule has 0 unspecified atom stereocenters.